The standard InChI is InChI=1S/C54H37BN4/c1-5-19-38(20-6-1)54(39-21-7-2-8-22-39)43-27-13-14-28-45(43)55-46-29-15-16-30-47(46)58(42-33-35-56-36-34-42)53-51(55)44(54)37-50-52(53)59(41-25-11-4-12-26-41)49-32-18-17-31-48(49)57(50)40-23-9-3-10-24-40/h1-37H. The van der Waals surface area contributed by atoms with Gasteiger partial charge in [0.2, 0.25) is 6.71 Å². The molecule has 1 aromatic heterocycles. The van der Waals surface area contributed by atoms with Crippen LogP contribution in [0.15, 0.2) is 225 Å². The van der Waals surface area contributed by atoms with E-state index in [9.17, 15) is 0 Å². The molecule has 12 rings (SSSR count). The maximum Gasteiger partial charge on any atom is 0.247 e. The van der Waals surface area contributed by atoms with Crippen molar-refractivity contribution in [3.8, 4) is 0 Å². The topological polar surface area (TPSA) is 22.6 Å². The molecule has 4 nitrogen and oxygen atoms in total. The van der Waals surface area contributed by atoms with Crippen LogP contribution in [0.2, 0.25) is 0 Å². The van der Waals surface area contributed by atoms with Crippen LogP contribution in [-0.2, 0) is 5.41 Å². The van der Waals surface area contributed by atoms with Gasteiger partial charge in [-0.15, -0.1) is 0 Å². The third-order valence-electron chi connectivity index (χ3n) is 12.6. The number of nitrogens with zero attached hydrogens (tertiary/aromatic N) is 4. The van der Waals surface area contributed by atoms with E-state index in [-0.39, 0.29) is 6.71 Å². The zero-order valence-electron chi connectivity index (χ0n) is 32.2. The van der Waals surface area contributed by atoms with Crippen LogP contribution in [0.1, 0.15) is 22.3 Å². The summed E-state index contributed by atoms with van der Waals surface area (Å²) in [5, 5.41) is 0. The summed E-state index contributed by atoms with van der Waals surface area (Å²) in [5.41, 5.74) is 18.3. The van der Waals surface area contributed by atoms with Crippen LogP contribution >= 0.6 is 0 Å². The van der Waals surface area contributed by atoms with E-state index in [1.165, 1.54) is 38.6 Å². The lowest BCUT2D eigenvalue weighted by atomic mass is 9.29. The number of rotatable bonds is 5. The van der Waals surface area contributed by atoms with Gasteiger partial charge in [-0.25, -0.2) is 0 Å². The number of para-hydroxylation sites is 5. The maximum atomic E-state index is 4.53. The highest BCUT2D eigenvalue weighted by molar-refractivity contribution is 6.99. The molecule has 3 aliphatic rings. The third-order valence-corrected chi connectivity index (χ3v) is 12.6. The molecule has 9 aromatic rings. The first-order valence-electron chi connectivity index (χ1n) is 20.3. The SMILES string of the molecule is c1ccc(N2c3ccccc3N(c3ccccc3)c3c2cc2c4c3N(c3ccncc3)c3ccccc3B4c3ccccc3C2(c2ccccc2)c2ccccc2)cc1. The Morgan fingerprint density at radius 1 is 0.356 bits per heavy atom. The largest absolute Gasteiger partial charge is 0.309 e. The second-order valence-electron chi connectivity index (χ2n) is 15.5. The van der Waals surface area contributed by atoms with Gasteiger partial charge in [0.25, 0.3) is 0 Å². The molecule has 0 radical (unpaired) electrons. The van der Waals surface area contributed by atoms with Crippen molar-refractivity contribution in [2.24, 2.45) is 0 Å². The van der Waals surface area contributed by atoms with Crippen molar-refractivity contribution in [3.05, 3.63) is 247 Å². The average Bonchev–Trinajstić information content (AvgIpc) is 3.32. The van der Waals surface area contributed by atoms with Gasteiger partial charge in [0, 0.05) is 35.1 Å². The molecule has 8 aromatic carbocycles. The van der Waals surface area contributed by atoms with Gasteiger partial charge in [-0.2, -0.15) is 0 Å². The van der Waals surface area contributed by atoms with Crippen molar-refractivity contribution in [2.75, 3.05) is 14.7 Å². The summed E-state index contributed by atoms with van der Waals surface area (Å²) < 4.78 is 0. The Morgan fingerprint density at radius 2 is 0.814 bits per heavy atom. The number of aromatic nitrogens is 1. The monoisotopic (exact) mass is 752 g/mol. The minimum Gasteiger partial charge on any atom is -0.309 e. The highest BCUT2D eigenvalue weighted by atomic mass is 15.3. The normalized spacial score (nSPS) is 14.1. The molecular weight excluding hydrogens is 715 g/mol. The molecule has 0 N–H and O–H groups in total. The van der Waals surface area contributed by atoms with Gasteiger partial charge >= 0.3 is 0 Å². The zero-order chi connectivity index (χ0) is 38.9. The van der Waals surface area contributed by atoms with E-state index >= 15 is 0 Å². The van der Waals surface area contributed by atoms with E-state index in [4.69, 9.17) is 0 Å². The summed E-state index contributed by atoms with van der Waals surface area (Å²) in [6, 6.07) is 78.1. The molecule has 0 spiro atoms. The van der Waals surface area contributed by atoms with E-state index in [0.29, 0.717) is 0 Å². The predicted molar refractivity (Wildman–Crippen MR) is 245 cm³/mol. The highest BCUT2D eigenvalue weighted by Gasteiger charge is 2.53. The Balaban J connectivity index is 1.35. The number of pyridine rings is 1. The van der Waals surface area contributed by atoms with Crippen molar-refractivity contribution >= 4 is 74.3 Å². The molecule has 5 heteroatoms. The molecule has 59 heavy (non-hydrogen) atoms. The summed E-state index contributed by atoms with van der Waals surface area (Å²) in [6.45, 7) is -0.0451. The van der Waals surface area contributed by atoms with Crippen LogP contribution in [-0.4, -0.2) is 11.7 Å². The fourth-order valence-electron chi connectivity index (χ4n) is 10.4. The number of hydrogen-bond donors (Lipinski definition) is 0. The Bertz CT molecular complexity index is 2970. The lowest BCUT2D eigenvalue weighted by Crippen LogP contribution is -2.65. The van der Waals surface area contributed by atoms with Crippen molar-refractivity contribution in [2.45, 2.75) is 5.41 Å². The number of fused-ring (bicyclic) bond motifs is 7. The van der Waals surface area contributed by atoms with Gasteiger partial charge in [0.05, 0.1) is 33.9 Å². The van der Waals surface area contributed by atoms with Crippen LogP contribution in [0, 0.1) is 0 Å². The number of benzene rings is 8. The van der Waals surface area contributed by atoms with Crippen LogP contribution in [0.5, 0.6) is 0 Å². The second kappa shape index (κ2) is 13.2. The minimum atomic E-state index is -0.665. The number of anilines is 9. The molecule has 0 amide bonds. The first-order chi connectivity index (χ1) is 29.3. The Kier molecular flexibility index (Phi) is 7.51. The molecule has 0 saturated heterocycles. The van der Waals surface area contributed by atoms with Gasteiger partial charge in [0.1, 0.15) is 0 Å². The van der Waals surface area contributed by atoms with Gasteiger partial charge in [-0.1, -0.05) is 157 Å². The summed E-state index contributed by atoms with van der Waals surface area (Å²) in [6.07, 6.45) is 3.83. The van der Waals surface area contributed by atoms with E-state index in [1.807, 2.05) is 12.4 Å². The number of hydrogen-bond acceptors (Lipinski definition) is 4. The Hall–Kier alpha value is -7.63. The Morgan fingerprint density at radius 3 is 1.44 bits per heavy atom. The predicted octanol–water partition coefficient (Wildman–Crippen LogP) is 11.3. The molecular formula is C54H37BN4. The maximum absolute atomic E-state index is 4.53. The quantitative estimate of drug-likeness (QED) is 0.163. The van der Waals surface area contributed by atoms with Crippen LogP contribution < -0.4 is 31.1 Å². The van der Waals surface area contributed by atoms with Crippen LogP contribution in [0.3, 0.4) is 0 Å². The van der Waals surface area contributed by atoms with Crippen molar-refractivity contribution in [1.29, 1.82) is 0 Å². The molecule has 0 saturated carbocycles. The molecule has 3 aliphatic heterocycles. The third kappa shape index (κ3) is 4.76. The van der Waals surface area contributed by atoms with Crippen molar-refractivity contribution in [1.82, 2.24) is 4.98 Å². The lowest BCUT2D eigenvalue weighted by Gasteiger charge is -2.51. The second-order valence-corrected chi connectivity index (χ2v) is 15.5. The van der Waals surface area contributed by atoms with E-state index < -0.39 is 5.41 Å². The fourth-order valence-corrected chi connectivity index (χ4v) is 10.4. The van der Waals surface area contributed by atoms with Crippen LogP contribution in [0.25, 0.3) is 0 Å². The molecule has 276 valence electrons. The van der Waals surface area contributed by atoms with Crippen molar-refractivity contribution in [3.63, 3.8) is 0 Å². The van der Waals surface area contributed by atoms with Gasteiger partial charge in [0.15, 0.2) is 0 Å². The van der Waals surface area contributed by atoms with Gasteiger partial charge < -0.3 is 14.7 Å². The van der Waals surface area contributed by atoms with Crippen molar-refractivity contribution < 1.29 is 0 Å². The summed E-state index contributed by atoms with van der Waals surface area (Å²) >= 11 is 0. The fraction of sp³-hybridized carbons (Fsp3) is 0.0185. The Labute approximate surface area is 345 Å². The van der Waals surface area contributed by atoms with E-state index in [0.717, 1.165) is 51.2 Å². The van der Waals surface area contributed by atoms with Gasteiger partial charge in [-0.3, -0.25) is 4.98 Å². The average molecular weight is 753 g/mol. The molecule has 0 aliphatic carbocycles. The first kappa shape index (κ1) is 33.5. The van der Waals surface area contributed by atoms with E-state index in [1.54, 1.807) is 0 Å². The molecule has 0 unspecified atom stereocenters. The highest BCUT2D eigenvalue weighted by Crippen LogP contribution is 2.61. The molecule has 0 atom stereocenters. The first-order valence-corrected chi connectivity index (χ1v) is 20.3. The summed E-state index contributed by atoms with van der Waals surface area (Å²) in [7, 11) is 0. The summed E-state index contributed by atoms with van der Waals surface area (Å²) in [5.74, 6) is 0. The zero-order valence-corrected chi connectivity index (χ0v) is 32.2. The lowest BCUT2D eigenvalue weighted by molar-refractivity contribution is 0.750. The molecule has 4 heterocycles. The van der Waals surface area contributed by atoms with E-state index in [2.05, 4.69) is 232 Å². The smallest absolute Gasteiger partial charge is 0.247 e. The van der Waals surface area contributed by atoms with Gasteiger partial charge in [-0.05, 0) is 93.8 Å². The van der Waals surface area contributed by atoms with Crippen LogP contribution in [0.4, 0.5) is 51.2 Å². The molecule has 0 bridgehead atoms. The molecule has 0 fully saturated rings. The summed E-state index contributed by atoms with van der Waals surface area (Å²) in [4.78, 5) is 12.0. The minimum absolute atomic E-state index is 0.0451.